The van der Waals surface area contributed by atoms with Crippen molar-refractivity contribution >= 4 is 16.9 Å². The number of carbonyl (C=O) groups excluding carboxylic acids is 1. The maximum atomic E-state index is 11.9. The van der Waals surface area contributed by atoms with E-state index in [9.17, 15) is 9.59 Å². The minimum atomic E-state index is -0.0226. The van der Waals surface area contributed by atoms with Crippen molar-refractivity contribution in [2.45, 2.75) is 33.6 Å². The van der Waals surface area contributed by atoms with Crippen LogP contribution >= 0.6 is 0 Å². The zero-order chi connectivity index (χ0) is 16.5. The quantitative estimate of drug-likeness (QED) is 0.939. The Morgan fingerprint density at radius 2 is 1.77 bits per heavy atom. The summed E-state index contributed by atoms with van der Waals surface area (Å²) >= 11 is 0. The predicted octanol–water partition coefficient (Wildman–Crippen LogP) is 1.97. The normalized spacial score (nSPS) is 11.9. The molecular formula is C17H25N3O2. The van der Waals surface area contributed by atoms with E-state index in [2.05, 4.69) is 26.1 Å². The molecule has 0 fully saturated rings. The number of nitrogens with one attached hydrogen (secondary N) is 1. The van der Waals surface area contributed by atoms with Crippen LogP contribution in [0, 0.1) is 5.41 Å². The molecule has 0 aliphatic heterocycles. The van der Waals surface area contributed by atoms with E-state index in [0.717, 1.165) is 23.0 Å². The van der Waals surface area contributed by atoms with Gasteiger partial charge in [0.25, 0.3) is 0 Å². The first-order valence-electron chi connectivity index (χ1n) is 7.60. The molecule has 1 aromatic heterocycles. The lowest BCUT2D eigenvalue weighted by Crippen LogP contribution is -2.29. The molecule has 0 saturated carbocycles. The molecule has 0 saturated heterocycles. The number of imidazole rings is 1. The summed E-state index contributed by atoms with van der Waals surface area (Å²) in [6.07, 6.45) is 1.29. The molecule has 0 aliphatic carbocycles. The van der Waals surface area contributed by atoms with E-state index in [0.29, 0.717) is 13.0 Å². The summed E-state index contributed by atoms with van der Waals surface area (Å²) < 4.78 is 3.29. The predicted molar refractivity (Wildman–Crippen MR) is 88.9 cm³/mol. The summed E-state index contributed by atoms with van der Waals surface area (Å²) in [5.41, 5.74) is 2.94. The number of fused-ring (bicyclic) bond motifs is 1. The summed E-state index contributed by atoms with van der Waals surface area (Å²) in [6.45, 7) is 6.77. The minimum absolute atomic E-state index is 0.00527. The van der Waals surface area contributed by atoms with Gasteiger partial charge in [0.2, 0.25) is 5.91 Å². The number of carbonyl (C=O) groups is 1. The first kappa shape index (κ1) is 16.3. The molecule has 1 heterocycles. The molecule has 5 heteroatoms. The summed E-state index contributed by atoms with van der Waals surface area (Å²) in [4.78, 5) is 23.7. The second-order valence-electron chi connectivity index (χ2n) is 7.06. The second kappa shape index (κ2) is 5.99. The lowest BCUT2D eigenvalue weighted by atomic mass is 9.92. The van der Waals surface area contributed by atoms with E-state index in [1.807, 2.05) is 18.2 Å². The fourth-order valence-electron chi connectivity index (χ4n) is 2.60. The van der Waals surface area contributed by atoms with Crippen LogP contribution in [-0.2, 0) is 25.3 Å². The Kier molecular flexibility index (Phi) is 4.44. The molecule has 5 nitrogen and oxygen atoms in total. The van der Waals surface area contributed by atoms with Gasteiger partial charge in [-0.05, 0) is 29.5 Å². The summed E-state index contributed by atoms with van der Waals surface area (Å²) in [6, 6.07) is 5.99. The van der Waals surface area contributed by atoms with Gasteiger partial charge in [-0.15, -0.1) is 0 Å². The van der Waals surface area contributed by atoms with E-state index in [4.69, 9.17) is 0 Å². The average Bonchev–Trinajstić information content (AvgIpc) is 2.62. The molecule has 0 bridgehead atoms. The third-order valence-electron chi connectivity index (χ3n) is 3.76. The van der Waals surface area contributed by atoms with Crippen molar-refractivity contribution < 1.29 is 4.79 Å². The average molecular weight is 303 g/mol. The zero-order valence-electron chi connectivity index (χ0n) is 14.1. The van der Waals surface area contributed by atoms with Gasteiger partial charge in [-0.25, -0.2) is 4.79 Å². The lowest BCUT2D eigenvalue weighted by molar-refractivity contribution is -0.122. The number of hydrogen-bond acceptors (Lipinski definition) is 2. The molecule has 0 aliphatic rings. The Labute approximate surface area is 130 Å². The number of benzene rings is 1. The highest BCUT2D eigenvalue weighted by Gasteiger charge is 2.15. The Hall–Kier alpha value is -2.04. The van der Waals surface area contributed by atoms with Gasteiger partial charge in [-0.2, -0.15) is 0 Å². The third-order valence-corrected chi connectivity index (χ3v) is 3.76. The topological polar surface area (TPSA) is 56.0 Å². The number of aromatic nitrogens is 2. The first-order chi connectivity index (χ1) is 10.2. The van der Waals surface area contributed by atoms with E-state index in [-0.39, 0.29) is 17.0 Å². The molecule has 2 aromatic rings. The van der Waals surface area contributed by atoms with Gasteiger partial charge in [0, 0.05) is 27.1 Å². The van der Waals surface area contributed by atoms with Crippen LogP contribution in [0.5, 0.6) is 0 Å². The maximum Gasteiger partial charge on any atom is 0.328 e. The van der Waals surface area contributed by atoms with Crippen LogP contribution in [0.1, 0.15) is 32.8 Å². The summed E-state index contributed by atoms with van der Waals surface area (Å²) in [5, 5.41) is 2.95. The molecule has 22 heavy (non-hydrogen) atoms. The lowest BCUT2D eigenvalue weighted by Gasteiger charge is -2.17. The molecule has 0 atom stereocenters. The van der Waals surface area contributed by atoms with Crippen molar-refractivity contribution in [3.63, 3.8) is 0 Å². The van der Waals surface area contributed by atoms with Crippen LogP contribution in [0.15, 0.2) is 23.0 Å². The smallest absolute Gasteiger partial charge is 0.328 e. The van der Waals surface area contributed by atoms with E-state index in [1.54, 1.807) is 23.2 Å². The van der Waals surface area contributed by atoms with E-state index < -0.39 is 0 Å². The molecule has 0 unspecified atom stereocenters. The molecule has 1 N–H and O–H groups in total. The van der Waals surface area contributed by atoms with Crippen molar-refractivity contribution in [3.05, 3.63) is 34.2 Å². The number of amides is 1. The van der Waals surface area contributed by atoms with Gasteiger partial charge in [0.15, 0.2) is 0 Å². The Morgan fingerprint density at radius 3 is 2.41 bits per heavy atom. The van der Waals surface area contributed by atoms with Gasteiger partial charge in [0.1, 0.15) is 0 Å². The SMILES string of the molecule is Cn1c(=O)n(C)c2cc(CCNC(=O)CC(C)(C)C)ccc21. The first-order valence-corrected chi connectivity index (χ1v) is 7.60. The standard InChI is InChI=1S/C17H25N3O2/c1-17(2,3)11-15(21)18-9-8-12-6-7-13-14(10-12)20(5)16(22)19(13)4/h6-7,10H,8-9,11H2,1-5H3,(H,18,21). The molecule has 120 valence electrons. The Bertz CT molecular complexity index is 748. The van der Waals surface area contributed by atoms with Crippen molar-refractivity contribution in [1.82, 2.24) is 14.5 Å². The van der Waals surface area contributed by atoms with Gasteiger partial charge in [-0.3, -0.25) is 13.9 Å². The molecule has 0 spiro atoms. The second-order valence-corrected chi connectivity index (χ2v) is 7.06. The van der Waals surface area contributed by atoms with Gasteiger partial charge >= 0.3 is 5.69 Å². The molecular weight excluding hydrogens is 278 g/mol. The van der Waals surface area contributed by atoms with Crippen LogP contribution in [-0.4, -0.2) is 21.6 Å². The van der Waals surface area contributed by atoms with Crippen molar-refractivity contribution in [2.75, 3.05) is 6.54 Å². The fourth-order valence-corrected chi connectivity index (χ4v) is 2.60. The summed E-state index contributed by atoms with van der Waals surface area (Å²) in [5.74, 6) is 0.0840. The highest BCUT2D eigenvalue weighted by atomic mass is 16.2. The minimum Gasteiger partial charge on any atom is -0.356 e. The monoisotopic (exact) mass is 303 g/mol. The molecule has 0 radical (unpaired) electrons. The van der Waals surface area contributed by atoms with Gasteiger partial charge < -0.3 is 5.32 Å². The van der Waals surface area contributed by atoms with Crippen molar-refractivity contribution in [3.8, 4) is 0 Å². The van der Waals surface area contributed by atoms with Crippen molar-refractivity contribution in [2.24, 2.45) is 19.5 Å². The van der Waals surface area contributed by atoms with Gasteiger partial charge in [-0.1, -0.05) is 26.8 Å². The van der Waals surface area contributed by atoms with Gasteiger partial charge in [0.05, 0.1) is 11.0 Å². The van der Waals surface area contributed by atoms with Crippen LogP contribution < -0.4 is 11.0 Å². The van der Waals surface area contributed by atoms with E-state index >= 15 is 0 Å². The Morgan fingerprint density at radius 1 is 1.14 bits per heavy atom. The highest BCUT2D eigenvalue weighted by molar-refractivity contribution is 5.77. The van der Waals surface area contributed by atoms with Crippen LogP contribution in [0.25, 0.3) is 11.0 Å². The molecule has 1 amide bonds. The van der Waals surface area contributed by atoms with Crippen LogP contribution in [0.4, 0.5) is 0 Å². The fraction of sp³-hybridized carbons (Fsp3) is 0.529. The zero-order valence-corrected chi connectivity index (χ0v) is 14.1. The van der Waals surface area contributed by atoms with Crippen molar-refractivity contribution in [1.29, 1.82) is 0 Å². The largest absolute Gasteiger partial charge is 0.356 e. The van der Waals surface area contributed by atoms with Crippen LogP contribution in [0.2, 0.25) is 0 Å². The highest BCUT2D eigenvalue weighted by Crippen LogP contribution is 2.18. The number of rotatable bonds is 4. The Balaban J connectivity index is 2.03. The summed E-state index contributed by atoms with van der Waals surface area (Å²) in [7, 11) is 3.55. The molecule has 1 aromatic carbocycles. The van der Waals surface area contributed by atoms with E-state index in [1.165, 1.54) is 0 Å². The van der Waals surface area contributed by atoms with Crippen LogP contribution in [0.3, 0.4) is 0 Å². The third kappa shape index (κ3) is 3.59. The number of nitrogens with zero attached hydrogens (tertiary/aromatic N) is 2. The molecule has 2 rings (SSSR count). The number of aryl methyl sites for hydroxylation is 2. The maximum absolute atomic E-state index is 11.9. The number of hydrogen-bond donors (Lipinski definition) is 1.